The van der Waals surface area contributed by atoms with Gasteiger partial charge in [0.15, 0.2) is 6.33 Å². The molecule has 1 amide bonds. The maximum Gasteiger partial charge on any atom is 0.353 e. The topological polar surface area (TPSA) is 113 Å². The van der Waals surface area contributed by atoms with Crippen LogP contribution in [0.5, 0.6) is 0 Å². The molecule has 0 aliphatic rings. The fourth-order valence-electron chi connectivity index (χ4n) is 0.928. The van der Waals surface area contributed by atoms with Crippen LogP contribution in [0.15, 0.2) is 23.1 Å². The van der Waals surface area contributed by atoms with Crippen molar-refractivity contribution in [3.63, 3.8) is 0 Å². The summed E-state index contributed by atoms with van der Waals surface area (Å²) >= 11 is 0. The Bertz CT molecular complexity index is 485. The van der Waals surface area contributed by atoms with E-state index < -0.39 is 16.6 Å². The monoisotopic (exact) mass is 237 g/mol. The van der Waals surface area contributed by atoms with Gasteiger partial charge in [0.05, 0.1) is 0 Å². The quantitative estimate of drug-likeness (QED) is 0.462. The zero-order valence-electron chi connectivity index (χ0n) is 9.30. The summed E-state index contributed by atoms with van der Waals surface area (Å²) in [5.41, 5.74) is 2.84. The molecule has 1 aromatic rings. The predicted molar refractivity (Wildman–Crippen MR) is 60.6 cm³/mol. The molecule has 90 valence electrons. The van der Waals surface area contributed by atoms with E-state index in [1.165, 1.54) is 6.21 Å². The second-order valence-corrected chi connectivity index (χ2v) is 3.32. The summed E-state index contributed by atoms with van der Waals surface area (Å²) in [4.78, 5) is 27.0. The molecule has 17 heavy (non-hydrogen) atoms. The maximum atomic E-state index is 11.4. The fraction of sp³-hybridized carbons (Fsp3) is 0.222. The molecule has 0 unspecified atom stereocenters. The summed E-state index contributed by atoms with van der Waals surface area (Å²) in [6.45, 7) is 3.73. The van der Waals surface area contributed by atoms with Crippen LogP contribution in [0.3, 0.4) is 0 Å². The Kier molecular flexibility index (Phi) is 4.09. The number of carbonyl (C=O) groups excluding carboxylic acids is 1. The van der Waals surface area contributed by atoms with Crippen molar-refractivity contribution in [1.29, 1.82) is 0 Å². The minimum absolute atomic E-state index is 0.302. The highest BCUT2D eigenvalue weighted by Crippen LogP contribution is 2.11. The van der Waals surface area contributed by atoms with Crippen molar-refractivity contribution in [3.05, 3.63) is 33.8 Å². The lowest BCUT2D eigenvalue weighted by molar-refractivity contribution is -0.389. The molecule has 0 atom stereocenters. The number of amides is 1. The zero-order chi connectivity index (χ0) is 12.8. The van der Waals surface area contributed by atoms with E-state index in [1.807, 2.05) is 13.8 Å². The first-order valence-corrected chi connectivity index (χ1v) is 4.67. The van der Waals surface area contributed by atoms with Crippen molar-refractivity contribution >= 4 is 17.9 Å². The molecule has 0 aliphatic carbocycles. The number of hydrogen-bond acceptors (Lipinski definition) is 5. The molecule has 0 aliphatic heterocycles. The number of rotatable bonds is 4. The van der Waals surface area contributed by atoms with Gasteiger partial charge >= 0.3 is 5.82 Å². The molecule has 0 saturated carbocycles. The number of hydrogen-bond donors (Lipinski definition) is 2. The molecule has 0 aromatic carbocycles. The summed E-state index contributed by atoms with van der Waals surface area (Å²) < 4.78 is 0. The summed E-state index contributed by atoms with van der Waals surface area (Å²) in [5.74, 6) is -1.20. The van der Waals surface area contributed by atoms with Gasteiger partial charge in [-0.1, -0.05) is 5.57 Å². The number of hydrazone groups is 1. The molecular weight excluding hydrogens is 226 g/mol. The molecule has 8 heteroatoms. The third-order valence-corrected chi connectivity index (χ3v) is 1.67. The van der Waals surface area contributed by atoms with Crippen molar-refractivity contribution in [2.75, 3.05) is 0 Å². The lowest BCUT2D eigenvalue weighted by Gasteiger charge is -1.95. The summed E-state index contributed by atoms with van der Waals surface area (Å²) in [6, 6.07) is 0. The number of aromatic amines is 1. The van der Waals surface area contributed by atoms with Crippen LogP contribution in [-0.4, -0.2) is 27.0 Å². The van der Waals surface area contributed by atoms with Gasteiger partial charge in [0, 0.05) is 6.21 Å². The van der Waals surface area contributed by atoms with E-state index in [0.717, 1.165) is 11.9 Å². The third kappa shape index (κ3) is 3.52. The highest BCUT2D eigenvalue weighted by atomic mass is 16.6. The van der Waals surface area contributed by atoms with Gasteiger partial charge in [-0.05, 0) is 24.8 Å². The van der Waals surface area contributed by atoms with E-state index in [4.69, 9.17) is 0 Å². The van der Waals surface area contributed by atoms with Gasteiger partial charge in [-0.3, -0.25) is 4.79 Å². The number of nitrogens with zero attached hydrogens (tertiary/aromatic N) is 3. The predicted octanol–water partition coefficient (Wildman–Crippen LogP) is 1.000. The van der Waals surface area contributed by atoms with E-state index in [2.05, 4.69) is 20.5 Å². The Labute approximate surface area is 96.6 Å². The van der Waals surface area contributed by atoms with Crippen LogP contribution in [0.25, 0.3) is 0 Å². The van der Waals surface area contributed by atoms with Crippen LogP contribution >= 0.6 is 0 Å². The molecular formula is C9H11N5O3. The molecule has 2 N–H and O–H groups in total. The van der Waals surface area contributed by atoms with E-state index in [1.54, 1.807) is 6.08 Å². The lowest BCUT2D eigenvalue weighted by Crippen LogP contribution is -2.19. The van der Waals surface area contributed by atoms with Crippen molar-refractivity contribution in [2.24, 2.45) is 5.10 Å². The number of nitrogens with one attached hydrogen (secondary N) is 2. The summed E-state index contributed by atoms with van der Waals surface area (Å²) in [7, 11) is 0. The molecule has 0 spiro atoms. The Balaban J connectivity index is 2.71. The second-order valence-electron chi connectivity index (χ2n) is 3.32. The van der Waals surface area contributed by atoms with Crippen LogP contribution in [0.4, 0.5) is 5.82 Å². The molecule has 1 heterocycles. The maximum absolute atomic E-state index is 11.4. The van der Waals surface area contributed by atoms with Gasteiger partial charge in [0.2, 0.25) is 5.69 Å². The van der Waals surface area contributed by atoms with Gasteiger partial charge in [-0.25, -0.2) is 15.4 Å². The standard InChI is InChI=1S/C9H11N5O3/c1-6(2)3-4-12-13-9(15)7-8(14(16)17)11-5-10-7/h3-5H,1-2H3,(H,10,11)(H,13,15)/b12-4+. The van der Waals surface area contributed by atoms with E-state index in [9.17, 15) is 14.9 Å². The van der Waals surface area contributed by atoms with Gasteiger partial charge in [0.1, 0.15) is 0 Å². The lowest BCUT2D eigenvalue weighted by atomic mass is 10.3. The Morgan fingerprint density at radius 1 is 1.65 bits per heavy atom. The van der Waals surface area contributed by atoms with Gasteiger partial charge in [-0.2, -0.15) is 5.10 Å². The highest BCUT2D eigenvalue weighted by Gasteiger charge is 2.21. The van der Waals surface area contributed by atoms with Crippen LogP contribution in [0.1, 0.15) is 24.3 Å². The van der Waals surface area contributed by atoms with Crippen molar-refractivity contribution < 1.29 is 9.72 Å². The summed E-state index contributed by atoms with van der Waals surface area (Å²) in [5, 5.41) is 14.1. The Hall–Kier alpha value is -2.51. The normalized spacial score (nSPS) is 10.2. The van der Waals surface area contributed by atoms with Crippen molar-refractivity contribution in [3.8, 4) is 0 Å². The number of nitro groups is 1. The molecule has 1 aromatic heterocycles. The highest BCUT2D eigenvalue weighted by molar-refractivity contribution is 5.95. The minimum atomic E-state index is -0.739. The minimum Gasteiger partial charge on any atom is -0.358 e. The van der Waals surface area contributed by atoms with Crippen molar-refractivity contribution in [1.82, 2.24) is 15.4 Å². The number of aromatic nitrogens is 2. The van der Waals surface area contributed by atoms with E-state index in [-0.39, 0.29) is 5.69 Å². The van der Waals surface area contributed by atoms with Gasteiger partial charge in [0.25, 0.3) is 5.91 Å². The Morgan fingerprint density at radius 2 is 2.35 bits per heavy atom. The largest absolute Gasteiger partial charge is 0.358 e. The van der Waals surface area contributed by atoms with Crippen LogP contribution in [0, 0.1) is 10.1 Å². The van der Waals surface area contributed by atoms with Crippen LogP contribution in [-0.2, 0) is 0 Å². The SMILES string of the molecule is CC(C)=C/C=N/NC(=O)c1nc[nH]c1[N+](=O)[O-]. The molecule has 0 saturated heterocycles. The summed E-state index contributed by atoms with van der Waals surface area (Å²) in [6.07, 6.45) is 4.14. The number of imidazole rings is 1. The first kappa shape index (κ1) is 12.6. The fourth-order valence-corrected chi connectivity index (χ4v) is 0.928. The number of H-pyrrole nitrogens is 1. The first-order chi connectivity index (χ1) is 8.02. The van der Waals surface area contributed by atoms with E-state index >= 15 is 0 Å². The molecule has 1 rings (SSSR count). The van der Waals surface area contributed by atoms with Gasteiger partial charge in [-0.15, -0.1) is 0 Å². The molecule has 0 bridgehead atoms. The second kappa shape index (κ2) is 5.54. The third-order valence-electron chi connectivity index (χ3n) is 1.67. The molecule has 8 nitrogen and oxygen atoms in total. The average Bonchev–Trinajstić information content (AvgIpc) is 2.72. The number of carbonyl (C=O) groups is 1. The van der Waals surface area contributed by atoms with Crippen LogP contribution in [0.2, 0.25) is 0 Å². The van der Waals surface area contributed by atoms with E-state index in [0.29, 0.717) is 0 Å². The molecule has 0 radical (unpaired) electrons. The first-order valence-electron chi connectivity index (χ1n) is 4.67. The van der Waals surface area contributed by atoms with Crippen molar-refractivity contribution in [2.45, 2.75) is 13.8 Å². The van der Waals surface area contributed by atoms with Gasteiger partial charge < -0.3 is 10.1 Å². The smallest absolute Gasteiger partial charge is 0.353 e. The van der Waals surface area contributed by atoms with Crippen LogP contribution < -0.4 is 5.43 Å². The Morgan fingerprint density at radius 3 is 2.94 bits per heavy atom. The molecule has 0 fully saturated rings. The zero-order valence-corrected chi connectivity index (χ0v) is 9.30. The average molecular weight is 237 g/mol. The number of allylic oxidation sites excluding steroid dienone is 2.